The Morgan fingerprint density at radius 2 is 1.50 bits per heavy atom. The molecule has 10 heteroatoms. The summed E-state index contributed by atoms with van der Waals surface area (Å²) in [6.07, 6.45) is -8.18. The third-order valence-corrected chi connectivity index (χ3v) is 6.26. The Labute approximate surface area is 226 Å². The lowest BCUT2D eigenvalue weighted by atomic mass is 9.95. The van der Waals surface area contributed by atoms with Crippen LogP contribution in [-0.2, 0) is 25.3 Å². The van der Waals surface area contributed by atoms with Crippen LogP contribution >= 0.6 is 0 Å². The van der Waals surface area contributed by atoms with E-state index in [-0.39, 0.29) is 17.2 Å². The van der Waals surface area contributed by atoms with Crippen LogP contribution in [0.5, 0.6) is 5.75 Å². The number of benzene rings is 3. The molecule has 0 aliphatic carbocycles. The van der Waals surface area contributed by atoms with Gasteiger partial charge in [0.15, 0.2) is 0 Å². The lowest BCUT2D eigenvalue weighted by molar-refractivity contribution is -0.143. The van der Waals surface area contributed by atoms with E-state index in [9.17, 15) is 31.1 Å². The molecule has 1 heterocycles. The Balaban J connectivity index is 1.66. The number of ether oxygens (including phenoxy) is 1. The summed E-state index contributed by atoms with van der Waals surface area (Å²) in [5.41, 5.74) is 0.598. The number of aryl methyl sites for hydroxylation is 1. The Morgan fingerprint density at radius 1 is 0.825 bits per heavy atom. The van der Waals surface area contributed by atoms with Crippen molar-refractivity contribution in [3.63, 3.8) is 0 Å². The van der Waals surface area contributed by atoms with E-state index >= 15 is 0 Å². The number of hydrogen-bond acceptors (Lipinski definition) is 3. The van der Waals surface area contributed by atoms with Gasteiger partial charge in [-0.1, -0.05) is 36.4 Å². The molecule has 0 aliphatic heterocycles. The van der Waals surface area contributed by atoms with Crippen LogP contribution < -0.4 is 10.1 Å². The predicted octanol–water partition coefficient (Wildman–Crippen LogP) is 7.62. The van der Waals surface area contributed by atoms with Gasteiger partial charge in [0, 0.05) is 24.9 Å². The van der Waals surface area contributed by atoms with Crippen molar-refractivity contribution in [2.24, 2.45) is 0 Å². The van der Waals surface area contributed by atoms with Gasteiger partial charge in [0.25, 0.3) is 5.91 Å². The van der Waals surface area contributed by atoms with E-state index in [0.717, 1.165) is 16.7 Å². The third kappa shape index (κ3) is 6.80. The molecule has 0 atom stereocenters. The Bertz CT molecular complexity index is 1500. The second kappa shape index (κ2) is 11.4. The van der Waals surface area contributed by atoms with E-state index in [1.807, 2.05) is 49.4 Å². The van der Waals surface area contributed by atoms with Gasteiger partial charge < -0.3 is 10.1 Å². The SMILES string of the molecule is COc1cccc(Cc2cc(-c3ccccc3C)c(C(=O)NCc3cc(C(F)(F)F)cc(C(F)(F)F)c3)cn2)c1. The van der Waals surface area contributed by atoms with Crippen molar-refractivity contribution in [3.8, 4) is 16.9 Å². The number of hydrogen-bond donors (Lipinski definition) is 1. The Kier molecular flexibility index (Phi) is 8.18. The van der Waals surface area contributed by atoms with E-state index in [0.29, 0.717) is 35.6 Å². The van der Waals surface area contributed by atoms with Crippen LogP contribution in [0.2, 0.25) is 0 Å². The number of amides is 1. The van der Waals surface area contributed by atoms with Crippen LogP contribution in [-0.4, -0.2) is 18.0 Å². The molecule has 40 heavy (non-hydrogen) atoms. The molecule has 0 unspecified atom stereocenters. The normalized spacial score (nSPS) is 11.8. The van der Waals surface area contributed by atoms with Crippen LogP contribution in [0.1, 0.15) is 43.9 Å². The van der Waals surface area contributed by atoms with Gasteiger partial charge in [0.1, 0.15) is 5.75 Å². The van der Waals surface area contributed by atoms with E-state index < -0.39 is 35.9 Å². The van der Waals surface area contributed by atoms with Crippen molar-refractivity contribution in [1.82, 2.24) is 10.3 Å². The number of nitrogens with zero attached hydrogens (tertiary/aromatic N) is 1. The van der Waals surface area contributed by atoms with Crippen molar-refractivity contribution in [3.05, 3.63) is 118 Å². The van der Waals surface area contributed by atoms with E-state index in [1.165, 1.54) is 6.20 Å². The van der Waals surface area contributed by atoms with Gasteiger partial charge in [-0.2, -0.15) is 26.3 Å². The van der Waals surface area contributed by atoms with Crippen molar-refractivity contribution < 1.29 is 35.9 Å². The number of methoxy groups -OCH3 is 1. The van der Waals surface area contributed by atoms with Crippen molar-refractivity contribution >= 4 is 5.91 Å². The second-order valence-electron chi connectivity index (χ2n) is 9.16. The fourth-order valence-electron chi connectivity index (χ4n) is 4.26. The molecule has 3 aromatic carbocycles. The molecule has 0 bridgehead atoms. The molecule has 0 aliphatic rings. The highest BCUT2D eigenvalue weighted by atomic mass is 19.4. The lowest BCUT2D eigenvalue weighted by Gasteiger charge is -2.16. The average Bonchev–Trinajstić information content (AvgIpc) is 2.91. The maximum atomic E-state index is 13.2. The topological polar surface area (TPSA) is 51.2 Å². The summed E-state index contributed by atoms with van der Waals surface area (Å²) >= 11 is 0. The monoisotopic (exact) mass is 558 g/mol. The fourth-order valence-corrected chi connectivity index (χ4v) is 4.26. The highest BCUT2D eigenvalue weighted by Gasteiger charge is 2.36. The van der Waals surface area contributed by atoms with Crippen LogP contribution in [0.4, 0.5) is 26.3 Å². The lowest BCUT2D eigenvalue weighted by Crippen LogP contribution is -2.24. The van der Waals surface area contributed by atoms with E-state index in [2.05, 4.69) is 10.3 Å². The fraction of sp³-hybridized carbons (Fsp3) is 0.200. The summed E-state index contributed by atoms with van der Waals surface area (Å²) in [6.45, 7) is 1.31. The number of aromatic nitrogens is 1. The molecule has 4 rings (SSSR count). The first kappa shape index (κ1) is 28.7. The molecule has 4 aromatic rings. The van der Waals surface area contributed by atoms with Gasteiger partial charge in [-0.25, -0.2) is 0 Å². The minimum atomic E-state index is -4.99. The number of halogens is 6. The molecule has 0 saturated carbocycles. The quantitative estimate of drug-likeness (QED) is 0.238. The Hall–Kier alpha value is -4.34. The van der Waals surface area contributed by atoms with Crippen LogP contribution in [0.15, 0.2) is 79.0 Å². The van der Waals surface area contributed by atoms with Crippen LogP contribution in [0.25, 0.3) is 11.1 Å². The number of carbonyl (C=O) groups is 1. The van der Waals surface area contributed by atoms with Crippen molar-refractivity contribution in [2.45, 2.75) is 32.2 Å². The number of pyridine rings is 1. The minimum Gasteiger partial charge on any atom is -0.497 e. The smallest absolute Gasteiger partial charge is 0.416 e. The first-order chi connectivity index (χ1) is 18.8. The maximum Gasteiger partial charge on any atom is 0.416 e. The second-order valence-corrected chi connectivity index (χ2v) is 9.16. The molecular weight excluding hydrogens is 534 g/mol. The summed E-state index contributed by atoms with van der Waals surface area (Å²) in [4.78, 5) is 17.6. The first-order valence-electron chi connectivity index (χ1n) is 12.1. The molecule has 0 spiro atoms. The summed E-state index contributed by atoms with van der Waals surface area (Å²) in [6, 6.07) is 17.7. The number of nitrogens with one attached hydrogen (secondary N) is 1. The zero-order valence-electron chi connectivity index (χ0n) is 21.5. The average molecular weight is 559 g/mol. The molecule has 0 radical (unpaired) electrons. The summed E-state index contributed by atoms with van der Waals surface area (Å²) < 4.78 is 84.7. The van der Waals surface area contributed by atoms with E-state index in [4.69, 9.17) is 4.74 Å². The molecule has 0 saturated heterocycles. The summed E-state index contributed by atoms with van der Waals surface area (Å²) in [7, 11) is 1.56. The zero-order chi connectivity index (χ0) is 29.1. The van der Waals surface area contributed by atoms with Gasteiger partial charge in [0.05, 0.1) is 23.8 Å². The molecule has 4 nitrogen and oxygen atoms in total. The van der Waals surface area contributed by atoms with E-state index in [1.54, 1.807) is 19.2 Å². The number of rotatable bonds is 7. The predicted molar refractivity (Wildman–Crippen MR) is 138 cm³/mol. The van der Waals surface area contributed by atoms with Gasteiger partial charge in [-0.15, -0.1) is 0 Å². The highest BCUT2D eigenvalue weighted by Crippen LogP contribution is 2.36. The number of alkyl halides is 6. The maximum absolute atomic E-state index is 13.2. The van der Waals surface area contributed by atoms with Gasteiger partial charge in [-0.05, 0) is 71.1 Å². The molecule has 1 N–H and O–H groups in total. The first-order valence-corrected chi connectivity index (χ1v) is 12.1. The third-order valence-electron chi connectivity index (χ3n) is 6.26. The molecule has 0 fully saturated rings. The van der Waals surface area contributed by atoms with Gasteiger partial charge in [-0.3, -0.25) is 9.78 Å². The molecule has 208 valence electrons. The molecular formula is C30H24F6N2O2. The Morgan fingerprint density at radius 3 is 2.12 bits per heavy atom. The molecule has 1 aromatic heterocycles. The van der Waals surface area contributed by atoms with Crippen LogP contribution in [0, 0.1) is 6.92 Å². The standard InChI is InChI=1S/C30H24F6N2O2/c1-18-6-3-4-9-25(18)26-15-23(12-19-7-5-8-24(13-19)40-2)37-17-27(26)28(39)38-16-20-10-21(29(31,32)33)14-22(11-20)30(34,35)36/h3-11,13-15,17H,12,16H2,1-2H3,(H,38,39). The summed E-state index contributed by atoms with van der Waals surface area (Å²) in [5, 5.41) is 2.46. The van der Waals surface area contributed by atoms with Gasteiger partial charge in [0.2, 0.25) is 0 Å². The summed E-state index contributed by atoms with van der Waals surface area (Å²) in [5.74, 6) is -0.0134. The largest absolute Gasteiger partial charge is 0.497 e. The minimum absolute atomic E-state index is 0.0482. The highest BCUT2D eigenvalue weighted by molar-refractivity contribution is 6.01. The van der Waals surface area contributed by atoms with Crippen LogP contribution in [0.3, 0.4) is 0 Å². The number of carbonyl (C=O) groups excluding carboxylic acids is 1. The van der Waals surface area contributed by atoms with Gasteiger partial charge >= 0.3 is 12.4 Å². The molecule has 1 amide bonds. The van der Waals surface area contributed by atoms with Crippen molar-refractivity contribution in [1.29, 1.82) is 0 Å². The zero-order valence-corrected chi connectivity index (χ0v) is 21.5. The van der Waals surface area contributed by atoms with Crippen molar-refractivity contribution in [2.75, 3.05) is 7.11 Å².